The maximum atomic E-state index is 12.7. The fourth-order valence-corrected chi connectivity index (χ4v) is 2.04. The number of carbonyl (C=O) groups is 1. The molecule has 0 aliphatic carbocycles. The molecule has 0 fully saturated rings. The van der Waals surface area contributed by atoms with Gasteiger partial charge in [0.2, 0.25) is 5.78 Å². The molecule has 2 N–H and O–H groups in total. The van der Waals surface area contributed by atoms with Gasteiger partial charge in [-0.3, -0.25) is 15.1 Å². The minimum absolute atomic E-state index is 0.0510. The maximum absolute atomic E-state index is 12.7. The van der Waals surface area contributed by atoms with E-state index in [1.54, 1.807) is 5.48 Å². The van der Waals surface area contributed by atoms with Crippen LogP contribution in [0.2, 0.25) is 5.02 Å². The average Bonchev–Trinajstić information content (AvgIpc) is 2.94. The second-order valence-electron chi connectivity index (χ2n) is 4.82. The summed E-state index contributed by atoms with van der Waals surface area (Å²) in [5.41, 5.74) is -4.21. The van der Waals surface area contributed by atoms with Gasteiger partial charge in [-0.2, -0.15) is 26.3 Å². The van der Waals surface area contributed by atoms with Crippen molar-refractivity contribution in [2.75, 3.05) is 0 Å². The van der Waals surface area contributed by atoms with Crippen molar-refractivity contribution in [3.63, 3.8) is 0 Å². The van der Waals surface area contributed by atoms with Gasteiger partial charge in [0.25, 0.3) is 5.60 Å². The number of aliphatic hydroxyl groups is 1. The van der Waals surface area contributed by atoms with Gasteiger partial charge in [0, 0.05) is 10.6 Å². The first-order valence-corrected chi connectivity index (χ1v) is 6.55. The lowest BCUT2D eigenvalue weighted by molar-refractivity contribution is -0.390. The Morgan fingerprint density at radius 2 is 1.58 bits per heavy atom. The Hall–Kier alpha value is -1.78. The third-order valence-electron chi connectivity index (χ3n) is 3.24. The van der Waals surface area contributed by atoms with E-state index in [4.69, 9.17) is 11.6 Å². The van der Waals surface area contributed by atoms with Gasteiger partial charge in [0.1, 0.15) is 5.70 Å². The number of Topliss-reactive ketones (excluding diaryl/α,β-unsaturated/α-hetero) is 1. The normalized spacial score (nSPS) is 19.0. The molecule has 0 radical (unpaired) electrons. The van der Waals surface area contributed by atoms with Gasteiger partial charge in [0.15, 0.2) is 6.10 Å². The van der Waals surface area contributed by atoms with Crippen LogP contribution >= 0.6 is 11.6 Å². The number of ketones is 1. The highest BCUT2D eigenvalue weighted by atomic mass is 35.5. The predicted octanol–water partition coefficient (Wildman–Crippen LogP) is 3.17. The van der Waals surface area contributed by atoms with E-state index in [0.29, 0.717) is 0 Å². The van der Waals surface area contributed by atoms with Gasteiger partial charge in [-0.15, -0.1) is 0 Å². The third kappa shape index (κ3) is 3.08. The Labute approximate surface area is 135 Å². The molecular formula is C13H8ClF6NO3. The van der Waals surface area contributed by atoms with Crippen molar-refractivity contribution >= 4 is 17.4 Å². The van der Waals surface area contributed by atoms with Crippen molar-refractivity contribution in [3.05, 3.63) is 46.6 Å². The van der Waals surface area contributed by atoms with E-state index in [-0.39, 0.29) is 16.7 Å². The molecule has 0 amide bonds. The second-order valence-corrected chi connectivity index (χ2v) is 5.26. The zero-order valence-electron chi connectivity index (χ0n) is 11.4. The minimum Gasteiger partial charge on any atom is -0.371 e. The highest BCUT2D eigenvalue weighted by Crippen LogP contribution is 2.47. The quantitative estimate of drug-likeness (QED) is 0.629. The Morgan fingerprint density at radius 3 is 2.04 bits per heavy atom. The number of halogens is 7. The van der Waals surface area contributed by atoms with Gasteiger partial charge in [-0.1, -0.05) is 11.6 Å². The maximum Gasteiger partial charge on any atom is 0.429 e. The summed E-state index contributed by atoms with van der Waals surface area (Å²) in [6.07, 6.45) is -14.8. The molecule has 11 heteroatoms. The minimum atomic E-state index is -6.08. The summed E-state index contributed by atoms with van der Waals surface area (Å²) in [7, 11) is 0. The van der Waals surface area contributed by atoms with Crippen molar-refractivity contribution in [1.29, 1.82) is 0 Å². The second kappa shape index (κ2) is 5.94. The number of hydroxylamine groups is 1. The van der Waals surface area contributed by atoms with Gasteiger partial charge in [-0.05, 0) is 30.3 Å². The molecule has 1 aromatic carbocycles. The predicted molar refractivity (Wildman–Crippen MR) is 68.9 cm³/mol. The van der Waals surface area contributed by atoms with Gasteiger partial charge < -0.3 is 5.11 Å². The fraction of sp³-hybridized carbons (Fsp3) is 0.308. The lowest BCUT2D eigenvalue weighted by atomic mass is 9.94. The van der Waals surface area contributed by atoms with Crippen molar-refractivity contribution < 1.29 is 41.1 Å². The summed E-state index contributed by atoms with van der Waals surface area (Å²) in [5, 5.41) is 9.48. The van der Waals surface area contributed by atoms with Crippen LogP contribution in [-0.4, -0.2) is 34.9 Å². The van der Waals surface area contributed by atoms with E-state index in [9.17, 15) is 36.2 Å². The van der Waals surface area contributed by atoms with Crippen LogP contribution in [0, 0.1) is 0 Å². The van der Waals surface area contributed by atoms with Crippen molar-refractivity contribution in [2.24, 2.45) is 0 Å². The monoisotopic (exact) mass is 375 g/mol. The Morgan fingerprint density at radius 1 is 1.08 bits per heavy atom. The zero-order valence-corrected chi connectivity index (χ0v) is 12.1. The molecule has 1 aliphatic rings. The van der Waals surface area contributed by atoms with Crippen LogP contribution in [-0.2, 0) is 4.84 Å². The summed E-state index contributed by atoms with van der Waals surface area (Å²) in [6.45, 7) is 0. The van der Waals surface area contributed by atoms with Crippen LogP contribution in [0.25, 0.3) is 0 Å². The third-order valence-corrected chi connectivity index (χ3v) is 3.49. The first-order chi connectivity index (χ1) is 10.9. The molecule has 24 heavy (non-hydrogen) atoms. The molecule has 1 atom stereocenters. The van der Waals surface area contributed by atoms with Crippen molar-refractivity contribution in [2.45, 2.75) is 24.1 Å². The van der Waals surface area contributed by atoms with E-state index < -0.39 is 35.5 Å². The summed E-state index contributed by atoms with van der Waals surface area (Å²) < 4.78 is 76.4. The van der Waals surface area contributed by atoms with E-state index >= 15 is 0 Å². The fourth-order valence-electron chi connectivity index (χ4n) is 1.91. The number of allylic oxidation sites excluding steroid dienone is 1. The lowest BCUT2D eigenvalue weighted by Gasteiger charge is -2.34. The highest BCUT2D eigenvalue weighted by Gasteiger charge is 2.75. The van der Waals surface area contributed by atoms with Crippen molar-refractivity contribution in [1.82, 2.24) is 5.48 Å². The molecule has 0 saturated heterocycles. The summed E-state index contributed by atoms with van der Waals surface area (Å²) in [6, 6.07) is 5.06. The van der Waals surface area contributed by atoms with Gasteiger partial charge in [-0.25, -0.2) is 0 Å². The van der Waals surface area contributed by atoms with E-state index in [1.807, 2.05) is 0 Å². The molecule has 4 nitrogen and oxygen atoms in total. The first-order valence-electron chi connectivity index (χ1n) is 6.17. The molecule has 1 heterocycles. The van der Waals surface area contributed by atoms with Crippen LogP contribution in [0.4, 0.5) is 26.3 Å². The average molecular weight is 376 g/mol. The van der Waals surface area contributed by atoms with Crippen molar-refractivity contribution in [3.8, 4) is 0 Å². The molecular weight excluding hydrogens is 368 g/mol. The molecule has 0 saturated carbocycles. The number of carbonyl (C=O) groups excluding carboxylic acids is 1. The smallest absolute Gasteiger partial charge is 0.371 e. The van der Waals surface area contributed by atoms with Gasteiger partial charge >= 0.3 is 12.4 Å². The van der Waals surface area contributed by atoms with E-state index in [2.05, 4.69) is 4.84 Å². The number of nitrogens with one attached hydrogen (secondary N) is 1. The standard InChI is InChI=1S/C13H8ClF6NO3/c14-7-3-1-6(2-4-7)10(22)8-5-9(24-21-8)11(23,12(15,16)17)13(18,19)20/h1-5,9,21,23H. The number of hydrogen-bond donors (Lipinski definition) is 2. The molecule has 0 bridgehead atoms. The van der Waals surface area contributed by atoms with E-state index in [1.165, 1.54) is 24.3 Å². The first kappa shape index (κ1) is 18.6. The number of rotatable bonds is 3. The SMILES string of the molecule is O=C(C1=CC(C(O)(C(F)(F)F)C(F)(F)F)ON1)c1ccc(Cl)cc1. The van der Waals surface area contributed by atoms with Crippen LogP contribution in [0.15, 0.2) is 36.0 Å². The molecule has 1 aliphatic heterocycles. The van der Waals surface area contributed by atoms with Crippen LogP contribution < -0.4 is 5.48 Å². The summed E-state index contributed by atoms with van der Waals surface area (Å²) in [5.74, 6) is -0.930. The number of benzene rings is 1. The molecule has 1 unspecified atom stereocenters. The Balaban J connectivity index is 2.35. The number of alkyl halides is 6. The highest BCUT2D eigenvalue weighted by molar-refractivity contribution is 6.30. The molecule has 132 valence electrons. The van der Waals surface area contributed by atoms with Crippen LogP contribution in [0.1, 0.15) is 10.4 Å². The summed E-state index contributed by atoms with van der Waals surface area (Å²) in [4.78, 5) is 16.2. The largest absolute Gasteiger partial charge is 0.429 e. The van der Waals surface area contributed by atoms with Gasteiger partial charge in [0.05, 0.1) is 0 Å². The topological polar surface area (TPSA) is 58.6 Å². The van der Waals surface area contributed by atoms with E-state index in [0.717, 1.165) is 0 Å². The molecule has 1 aromatic rings. The van der Waals surface area contributed by atoms with Crippen LogP contribution in [0.3, 0.4) is 0 Å². The Kier molecular flexibility index (Phi) is 4.59. The lowest BCUT2D eigenvalue weighted by Crippen LogP contribution is -2.64. The summed E-state index contributed by atoms with van der Waals surface area (Å²) >= 11 is 5.61. The Bertz CT molecular complexity index is 654. The molecule has 0 spiro atoms. The molecule has 0 aromatic heterocycles. The van der Waals surface area contributed by atoms with Crippen LogP contribution in [0.5, 0.6) is 0 Å². The zero-order chi connectivity index (χ0) is 18.3. The number of hydrogen-bond acceptors (Lipinski definition) is 4. The molecule has 2 rings (SSSR count).